The Morgan fingerprint density at radius 2 is 2.17 bits per heavy atom. The standard InChI is InChI=1S/C15H22BrNO/c1-5-17-10-13(11(2)3)8-12-6-7-15(18-4)14(16)9-12/h6-9,11,17H,5,10H2,1-4H3. The van der Waals surface area contributed by atoms with Crippen LogP contribution in [0.3, 0.4) is 0 Å². The van der Waals surface area contributed by atoms with E-state index in [4.69, 9.17) is 4.74 Å². The number of benzene rings is 1. The molecule has 0 saturated carbocycles. The van der Waals surface area contributed by atoms with Crippen molar-refractivity contribution < 1.29 is 4.74 Å². The monoisotopic (exact) mass is 311 g/mol. The van der Waals surface area contributed by atoms with Crippen LogP contribution < -0.4 is 10.1 Å². The lowest BCUT2D eigenvalue weighted by molar-refractivity contribution is 0.412. The summed E-state index contributed by atoms with van der Waals surface area (Å²) in [5, 5.41) is 3.38. The number of rotatable bonds is 6. The third-order valence-electron chi connectivity index (χ3n) is 2.85. The van der Waals surface area contributed by atoms with Crippen LogP contribution in [0.5, 0.6) is 5.75 Å². The van der Waals surface area contributed by atoms with Crippen molar-refractivity contribution in [1.29, 1.82) is 0 Å². The third kappa shape index (κ3) is 4.46. The van der Waals surface area contributed by atoms with Crippen molar-refractivity contribution in [1.82, 2.24) is 5.32 Å². The first-order chi connectivity index (χ1) is 8.58. The molecule has 0 heterocycles. The Labute approximate surface area is 119 Å². The molecule has 0 amide bonds. The van der Waals surface area contributed by atoms with E-state index < -0.39 is 0 Å². The molecule has 0 radical (unpaired) electrons. The normalized spacial score (nSPS) is 12.0. The lowest BCUT2D eigenvalue weighted by atomic mass is 10.00. The van der Waals surface area contributed by atoms with Crippen LogP contribution in [-0.4, -0.2) is 20.2 Å². The van der Waals surface area contributed by atoms with Gasteiger partial charge in [-0.25, -0.2) is 0 Å². The van der Waals surface area contributed by atoms with Crippen LogP contribution in [0.1, 0.15) is 26.3 Å². The Kier molecular flexibility index (Phi) is 6.44. The zero-order valence-corrected chi connectivity index (χ0v) is 13.2. The highest BCUT2D eigenvalue weighted by atomic mass is 79.9. The number of halogens is 1. The van der Waals surface area contributed by atoms with Gasteiger partial charge in [-0.05, 0) is 46.1 Å². The highest BCUT2D eigenvalue weighted by molar-refractivity contribution is 9.10. The number of hydrogen-bond donors (Lipinski definition) is 1. The minimum atomic E-state index is 0.546. The van der Waals surface area contributed by atoms with Gasteiger partial charge in [0.05, 0.1) is 11.6 Å². The van der Waals surface area contributed by atoms with E-state index in [1.54, 1.807) is 7.11 Å². The molecule has 1 rings (SSSR count). The van der Waals surface area contributed by atoms with Crippen molar-refractivity contribution in [3.63, 3.8) is 0 Å². The first-order valence-electron chi connectivity index (χ1n) is 6.33. The molecular weight excluding hydrogens is 290 g/mol. The maximum Gasteiger partial charge on any atom is 0.133 e. The molecule has 3 heteroatoms. The summed E-state index contributed by atoms with van der Waals surface area (Å²) in [5.41, 5.74) is 2.61. The molecule has 0 aliphatic heterocycles. The Hall–Kier alpha value is -0.800. The van der Waals surface area contributed by atoms with Crippen molar-refractivity contribution >= 4 is 22.0 Å². The molecule has 0 bridgehead atoms. The van der Waals surface area contributed by atoms with E-state index >= 15 is 0 Å². The molecule has 0 atom stereocenters. The van der Waals surface area contributed by atoms with Gasteiger partial charge < -0.3 is 10.1 Å². The highest BCUT2D eigenvalue weighted by Gasteiger charge is 2.05. The van der Waals surface area contributed by atoms with Gasteiger partial charge in [-0.1, -0.05) is 38.5 Å². The van der Waals surface area contributed by atoms with Gasteiger partial charge in [0.1, 0.15) is 5.75 Å². The number of likely N-dealkylation sites (N-methyl/N-ethyl adjacent to an activating group) is 1. The van der Waals surface area contributed by atoms with Gasteiger partial charge in [0.2, 0.25) is 0 Å². The van der Waals surface area contributed by atoms with Crippen LogP contribution >= 0.6 is 15.9 Å². The molecule has 0 unspecified atom stereocenters. The zero-order chi connectivity index (χ0) is 13.5. The van der Waals surface area contributed by atoms with Gasteiger partial charge in [-0.2, -0.15) is 0 Å². The van der Waals surface area contributed by atoms with Crippen LogP contribution in [0.25, 0.3) is 6.08 Å². The topological polar surface area (TPSA) is 21.3 Å². The summed E-state index contributed by atoms with van der Waals surface area (Å²) in [5.74, 6) is 1.41. The Morgan fingerprint density at radius 3 is 2.67 bits per heavy atom. The summed E-state index contributed by atoms with van der Waals surface area (Å²) in [7, 11) is 1.68. The number of nitrogens with one attached hydrogen (secondary N) is 1. The smallest absolute Gasteiger partial charge is 0.133 e. The first kappa shape index (κ1) is 15.3. The van der Waals surface area contributed by atoms with Gasteiger partial charge in [0.25, 0.3) is 0 Å². The largest absolute Gasteiger partial charge is 0.496 e. The molecule has 1 N–H and O–H groups in total. The predicted octanol–water partition coefficient (Wildman–Crippen LogP) is 4.11. The number of methoxy groups -OCH3 is 1. The molecule has 0 aromatic heterocycles. The van der Waals surface area contributed by atoms with E-state index in [0.29, 0.717) is 5.92 Å². The minimum Gasteiger partial charge on any atom is -0.496 e. The number of hydrogen-bond acceptors (Lipinski definition) is 2. The minimum absolute atomic E-state index is 0.546. The molecular formula is C15H22BrNO. The molecule has 0 fully saturated rings. The van der Waals surface area contributed by atoms with Crippen molar-refractivity contribution in [3.8, 4) is 5.75 Å². The summed E-state index contributed by atoms with van der Waals surface area (Å²) in [6.07, 6.45) is 2.25. The fraction of sp³-hybridized carbons (Fsp3) is 0.467. The molecule has 0 aliphatic rings. The SMILES string of the molecule is CCNCC(=Cc1ccc(OC)c(Br)c1)C(C)C. The fourth-order valence-corrected chi connectivity index (χ4v) is 2.24. The highest BCUT2D eigenvalue weighted by Crippen LogP contribution is 2.27. The molecule has 100 valence electrons. The zero-order valence-electron chi connectivity index (χ0n) is 11.6. The van der Waals surface area contributed by atoms with Crippen LogP contribution in [0.2, 0.25) is 0 Å². The predicted molar refractivity (Wildman–Crippen MR) is 82.1 cm³/mol. The van der Waals surface area contributed by atoms with Crippen LogP contribution in [0.4, 0.5) is 0 Å². The first-order valence-corrected chi connectivity index (χ1v) is 7.12. The maximum absolute atomic E-state index is 5.24. The second kappa shape index (κ2) is 7.59. The molecule has 2 nitrogen and oxygen atoms in total. The van der Waals surface area contributed by atoms with Crippen LogP contribution in [-0.2, 0) is 0 Å². The van der Waals surface area contributed by atoms with E-state index in [-0.39, 0.29) is 0 Å². The van der Waals surface area contributed by atoms with E-state index in [2.05, 4.69) is 60.2 Å². The fourth-order valence-electron chi connectivity index (χ4n) is 1.68. The van der Waals surface area contributed by atoms with E-state index in [1.165, 1.54) is 11.1 Å². The summed E-state index contributed by atoms with van der Waals surface area (Å²) >= 11 is 3.52. The van der Waals surface area contributed by atoms with Gasteiger partial charge in [0, 0.05) is 6.54 Å². The Bertz CT molecular complexity index is 413. The van der Waals surface area contributed by atoms with Crippen molar-refractivity contribution in [2.75, 3.05) is 20.2 Å². The van der Waals surface area contributed by atoms with Crippen LogP contribution in [0, 0.1) is 5.92 Å². The molecule has 0 saturated heterocycles. The van der Waals surface area contributed by atoms with E-state index in [9.17, 15) is 0 Å². The molecule has 1 aromatic rings. The number of ether oxygens (including phenoxy) is 1. The van der Waals surface area contributed by atoms with Crippen molar-refractivity contribution in [3.05, 3.63) is 33.8 Å². The second-order valence-corrected chi connectivity index (χ2v) is 5.40. The summed E-state index contributed by atoms with van der Waals surface area (Å²) in [4.78, 5) is 0. The van der Waals surface area contributed by atoms with Gasteiger partial charge >= 0.3 is 0 Å². The van der Waals surface area contributed by atoms with Crippen LogP contribution in [0.15, 0.2) is 28.2 Å². The van der Waals surface area contributed by atoms with Crippen molar-refractivity contribution in [2.24, 2.45) is 5.92 Å². The summed E-state index contributed by atoms with van der Waals surface area (Å²) in [6, 6.07) is 6.16. The lowest BCUT2D eigenvalue weighted by Crippen LogP contribution is -2.18. The quantitative estimate of drug-likeness (QED) is 0.853. The second-order valence-electron chi connectivity index (χ2n) is 4.55. The average Bonchev–Trinajstić information content (AvgIpc) is 2.34. The maximum atomic E-state index is 5.24. The molecule has 1 aromatic carbocycles. The van der Waals surface area contributed by atoms with Gasteiger partial charge in [-0.3, -0.25) is 0 Å². The summed E-state index contributed by atoms with van der Waals surface area (Å²) < 4.78 is 6.23. The van der Waals surface area contributed by atoms with Crippen molar-refractivity contribution in [2.45, 2.75) is 20.8 Å². The molecule has 0 aliphatic carbocycles. The third-order valence-corrected chi connectivity index (χ3v) is 3.47. The Balaban J connectivity index is 2.93. The summed E-state index contributed by atoms with van der Waals surface area (Å²) in [6.45, 7) is 8.51. The lowest BCUT2D eigenvalue weighted by Gasteiger charge is -2.12. The van der Waals surface area contributed by atoms with E-state index in [1.807, 2.05) is 6.07 Å². The van der Waals surface area contributed by atoms with Gasteiger partial charge in [-0.15, -0.1) is 0 Å². The molecule has 0 spiro atoms. The van der Waals surface area contributed by atoms with E-state index in [0.717, 1.165) is 23.3 Å². The van der Waals surface area contributed by atoms with Gasteiger partial charge in [0.15, 0.2) is 0 Å². The Morgan fingerprint density at radius 1 is 1.44 bits per heavy atom. The molecule has 18 heavy (non-hydrogen) atoms. The average molecular weight is 312 g/mol.